The highest BCUT2D eigenvalue weighted by Gasteiger charge is 2.27. The molecule has 0 aromatic heterocycles. The highest BCUT2D eigenvalue weighted by atomic mass is 14.3. The number of rotatable bonds is 13. The van der Waals surface area contributed by atoms with Gasteiger partial charge in [0, 0.05) is 0 Å². The summed E-state index contributed by atoms with van der Waals surface area (Å²) in [6.45, 7) is 19.4. The van der Waals surface area contributed by atoms with Gasteiger partial charge in [-0.1, -0.05) is 106 Å². The molecule has 0 saturated heterocycles. The smallest absolute Gasteiger partial charge is 0.0725 e. The monoisotopic (exact) mass is 336 g/mol. The molecule has 0 rings (SSSR count). The Kier molecular flexibility index (Phi) is 11.7. The van der Waals surface area contributed by atoms with Gasteiger partial charge in [-0.05, 0) is 41.9 Å². The van der Waals surface area contributed by atoms with Gasteiger partial charge in [-0.2, -0.15) is 0 Å². The molecule has 0 aromatic carbocycles. The molecule has 0 aromatic rings. The molecule has 0 nitrogen and oxygen atoms in total. The Labute approximate surface area is 156 Å². The maximum Gasteiger partial charge on any atom is 0.105 e. The van der Waals surface area contributed by atoms with E-state index in [4.69, 9.17) is 0 Å². The molecule has 0 saturated carbocycles. The molecule has 0 radical (unpaired) electrons. The first-order valence-corrected chi connectivity index (χ1v) is 11.0. The van der Waals surface area contributed by atoms with Crippen LogP contribution in [-0.2, 0) is 0 Å². The third-order valence-corrected chi connectivity index (χ3v) is 5.61. The predicted octanol–water partition coefficient (Wildman–Crippen LogP) is 7.67. The second-order valence-electron chi connectivity index (χ2n) is 11.0. The quantitative estimate of drug-likeness (QED) is 0.239. The van der Waals surface area contributed by atoms with Crippen LogP contribution in [0.15, 0.2) is 0 Å². The summed E-state index contributed by atoms with van der Waals surface area (Å²) in [5.41, 5.74) is 0.938. The van der Waals surface area contributed by atoms with Crippen molar-refractivity contribution >= 4 is 7.85 Å². The molecule has 3 atom stereocenters. The van der Waals surface area contributed by atoms with Crippen LogP contribution in [-0.4, -0.2) is 7.85 Å². The molecule has 0 spiro atoms. The van der Waals surface area contributed by atoms with Gasteiger partial charge in [0.25, 0.3) is 0 Å². The lowest BCUT2D eigenvalue weighted by Gasteiger charge is -2.34. The van der Waals surface area contributed by atoms with E-state index in [1.54, 1.807) is 0 Å². The summed E-state index contributed by atoms with van der Waals surface area (Å²) in [6, 6.07) is 0. The average molecular weight is 336 g/mol. The first-order chi connectivity index (χ1) is 11.0. The molecule has 0 aliphatic carbocycles. The van der Waals surface area contributed by atoms with Gasteiger partial charge in [0.15, 0.2) is 0 Å². The van der Waals surface area contributed by atoms with E-state index < -0.39 is 0 Å². The van der Waals surface area contributed by atoms with Crippen LogP contribution in [0, 0.1) is 22.7 Å². The third kappa shape index (κ3) is 13.4. The molecule has 0 bridgehead atoms. The topological polar surface area (TPSA) is 0 Å². The van der Waals surface area contributed by atoms with E-state index >= 15 is 0 Å². The van der Waals surface area contributed by atoms with Gasteiger partial charge in [0.1, 0.15) is 7.85 Å². The van der Waals surface area contributed by atoms with Crippen LogP contribution in [0.3, 0.4) is 0 Å². The van der Waals surface area contributed by atoms with Crippen LogP contribution in [0.4, 0.5) is 0 Å². The molecule has 1 heteroatoms. The zero-order chi connectivity index (χ0) is 18.8. The largest absolute Gasteiger partial charge is 0.105 e. The standard InChI is InChI=1S/C23H49B/c1-9-13-21(16-17-23(7,8)18-22(4,5)6)19(2)14-11-10-12-15-20(3)24/h19-21H,9-18,24H2,1-8H3. The van der Waals surface area contributed by atoms with E-state index in [1.165, 1.54) is 64.2 Å². The fourth-order valence-electron chi connectivity index (χ4n) is 4.62. The third-order valence-electron chi connectivity index (χ3n) is 5.61. The highest BCUT2D eigenvalue weighted by Crippen LogP contribution is 2.39. The van der Waals surface area contributed by atoms with Crippen molar-refractivity contribution in [3.05, 3.63) is 0 Å². The van der Waals surface area contributed by atoms with E-state index in [9.17, 15) is 0 Å². The van der Waals surface area contributed by atoms with Crippen molar-refractivity contribution in [2.45, 2.75) is 125 Å². The molecule has 0 aliphatic heterocycles. The van der Waals surface area contributed by atoms with Crippen molar-refractivity contribution in [2.24, 2.45) is 22.7 Å². The van der Waals surface area contributed by atoms with Gasteiger partial charge in [0.2, 0.25) is 0 Å². The fourth-order valence-corrected chi connectivity index (χ4v) is 4.62. The van der Waals surface area contributed by atoms with Gasteiger partial charge in [0.05, 0.1) is 0 Å². The lowest BCUT2D eigenvalue weighted by molar-refractivity contribution is 0.169. The van der Waals surface area contributed by atoms with E-state index in [1.807, 2.05) is 0 Å². The molecule has 3 unspecified atom stereocenters. The molecule has 144 valence electrons. The molecule has 0 heterocycles. The number of hydrogen-bond acceptors (Lipinski definition) is 0. The summed E-state index contributed by atoms with van der Waals surface area (Å²) in [6.07, 6.45) is 14.1. The van der Waals surface area contributed by atoms with Gasteiger partial charge < -0.3 is 0 Å². The molecule has 24 heavy (non-hydrogen) atoms. The van der Waals surface area contributed by atoms with Crippen LogP contribution in [0.2, 0.25) is 5.82 Å². The Morgan fingerprint density at radius 2 is 1.38 bits per heavy atom. The Bertz CT molecular complexity index is 298. The molecular weight excluding hydrogens is 287 g/mol. The summed E-state index contributed by atoms with van der Waals surface area (Å²) in [7, 11) is 2.35. The summed E-state index contributed by atoms with van der Waals surface area (Å²) >= 11 is 0. The lowest BCUT2D eigenvalue weighted by Crippen LogP contribution is -2.23. The van der Waals surface area contributed by atoms with Crippen molar-refractivity contribution in [2.75, 3.05) is 0 Å². The van der Waals surface area contributed by atoms with Crippen LogP contribution in [0.1, 0.15) is 120 Å². The van der Waals surface area contributed by atoms with Crippen molar-refractivity contribution in [1.29, 1.82) is 0 Å². The van der Waals surface area contributed by atoms with E-state index in [0.29, 0.717) is 10.8 Å². The van der Waals surface area contributed by atoms with Crippen molar-refractivity contribution in [3.8, 4) is 0 Å². The number of unbranched alkanes of at least 4 members (excludes halogenated alkanes) is 2. The summed E-state index contributed by atoms with van der Waals surface area (Å²) < 4.78 is 0. The minimum absolute atomic E-state index is 0.450. The summed E-state index contributed by atoms with van der Waals surface area (Å²) in [5.74, 6) is 2.73. The Hall–Kier alpha value is 0.0649. The van der Waals surface area contributed by atoms with Crippen molar-refractivity contribution in [3.63, 3.8) is 0 Å². The lowest BCUT2D eigenvalue weighted by atomic mass is 9.71. The van der Waals surface area contributed by atoms with E-state index in [-0.39, 0.29) is 0 Å². The maximum atomic E-state index is 2.53. The van der Waals surface area contributed by atoms with Crippen LogP contribution in [0.5, 0.6) is 0 Å². The molecule has 0 N–H and O–H groups in total. The van der Waals surface area contributed by atoms with E-state index in [2.05, 4.69) is 63.2 Å². The van der Waals surface area contributed by atoms with Gasteiger partial charge in [-0.15, -0.1) is 0 Å². The maximum absolute atomic E-state index is 2.53. The van der Waals surface area contributed by atoms with Crippen LogP contribution in [0.25, 0.3) is 0 Å². The van der Waals surface area contributed by atoms with Crippen LogP contribution >= 0.6 is 0 Å². The normalized spacial score (nSPS) is 16.8. The average Bonchev–Trinajstić information content (AvgIpc) is 2.39. The van der Waals surface area contributed by atoms with Crippen LogP contribution < -0.4 is 0 Å². The molecule has 0 amide bonds. The van der Waals surface area contributed by atoms with Gasteiger partial charge in [-0.3, -0.25) is 0 Å². The van der Waals surface area contributed by atoms with Gasteiger partial charge in [-0.25, -0.2) is 0 Å². The summed E-state index contributed by atoms with van der Waals surface area (Å²) in [4.78, 5) is 0. The highest BCUT2D eigenvalue weighted by molar-refractivity contribution is 6.11. The Morgan fingerprint density at radius 1 is 0.792 bits per heavy atom. The number of hydrogen-bond donors (Lipinski definition) is 0. The fraction of sp³-hybridized carbons (Fsp3) is 1.00. The minimum atomic E-state index is 0.450. The zero-order valence-electron chi connectivity index (χ0n) is 18.8. The second-order valence-corrected chi connectivity index (χ2v) is 11.0. The first kappa shape index (κ1) is 24.1. The van der Waals surface area contributed by atoms with E-state index in [0.717, 1.165) is 17.7 Å². The Balaban J connectivity index is 4.27. The minimum Gasteiger partial charge on any atom is -0.0725 e. The van der Waals surface area contributed by atoms with Crippen molar-refractivity contribution in [1.82, 2.24) is 0 Å². The predicted molar refractivity (Wildman–Crippen MR) is 116 cm³/mol. The first-order valence-electron chi connectivity index (χ1n) is 11.0. The second kappa shape index (κ2) is 11.6. The molecule has 0 fully saturated rings. The molecular formula is C23H49B. The van der Waals surface area contributed by atoms with Gasteiger partial charge >= 0.3 is 0 Å². The molecule has 0 aliphatic rings. The summed E-state index contributed by atoms with van der Waals surface area (Å²) in [5, 5.41) is 0. The SMILES string of the molecule is BC(C)CCCCCC(C)C(CCC)CCC(C)(C)CC(C)(C)C. The Morgan fingerprint density at radius 3 is 1.88 bits per heavy atom. The zero-order valence-corrected chi connectivity index (χ0v) is 18.8. The van der Waals surface area contributed by atoms with Crippen molar-refractivity contribution < 1.29 is 0 Å².